The molecule has 0 radical (unpaired) electrons. The molecule has 1 fully saturated rings. The van der Waals surface area contributed by atoms with Crippen molar-refractivity contribution in [1.82, 2.24) is 4.90 Å². The lowest BCUT2D eigenvalue weighted by atomic mass is 9.92. The highest BCUT2D eigenvalue weighted by Crippen LogP contribution is 2.28. The zero-order chi connectivity index (χ0) is 23.1. The molecule has 0 aliphatic carbocycles. The van der Waals surface area contributed by atoms with Crippen LogP contribution in [-0.2, 0) is 6.61 Å². The minimum Gasteiger partial charge on any atom is -0.489 e. The van der Waals surface area contributed by atoms with Crippen LogP contribution in [0, 0.1) is 17.7 Å². The Morgan fingerprint density at radius 2 is 1.81 bits per heavy atom. The zero-order valence-electron chi connectivity index (χ0n) is 20.2. The summed E-state index contributed by atoms with van der Waals surface area (Å²) < 4.78 is 6.00. The first-order valence-corrected chi connectivity index (χ1v) is 11.9. The van der Waals surface area contributed by atoms with E-state index in [2.05, 4.69) is 73.9 Å². The van der Waals surface area contributed by atoms with Crippen LogP contribution in [0.1, 0.15) is 57.6 Å². The summed E-state index contributed by atoms with van der Waals surface area (Å²) in [4.78, 5) is 4.42. The molecule has 32 heavy (non-hydrogen) atoms. The summed E-state index contributed by atoms with van der Waals surface area (Å²) in [6, 6.07) is 17.0. The van der Waals surface area contributed by atoms with E-state index in [1.165, 1.54) is 18.4 Å². The molecule has 2 aromatic carbocycles. The summed E-state index contributed by atoms with van der Waals surface area (Å²) in [5, 5.41) is 9.11. The van der Waals surface area contributed by atoms with Gasteiger partial charge in [-0.15, -0.1) is 0 Å². The van der Waals surface area contributed by atoms with Gasteiger partial charge in [0.2, 0.25) is 0 Å². The van der Waals surface area contributed by atoms with Gasteiger partial charge >= 0.3 is 0 Å². The van der Waals surface area contributed by atoms with Gasteiger partial charge in [0.1, 0.15) is 12.4 Å². The van der Waals surface area contributed by atoms with Crippen LogP contribution in [0.2, 0.25) is 0 Å². The fraction of sp³-hybridized carbons (Fsp3) is 0.519. The highest BCUT2D eigenvalue weighted by atomic mass is 16.5. The quantitative estimate of drug-likeness (QED) is 0.420. The molecule has 5 heteroatoms. The number of nitrogens with two attached hydrogens (primary N) is 1. The maximum atomic E-state index is 9.11. The van der Waals surface area contributed by atoms with Gasteiger partial charge < -0.3 is 20.3 Å². The Morgan fingerprint density at radius 1 is 1.12 bits per heavy atom. The Kier molecular flexibility index (Phi) is 8.19. The third kappa shape index (κ3) is 6.26. The minimum absolute atomic E-state index is 0.0928. The predicted molar refractivity (Wildman–Crippen MR) is 134 cm³/mol. The van der Waals surface area contributed by atoms with E-state index in [0.717, 1.165) is 36.4 Å². The van der Waals surface area contributed by atoms with Crippen molar-refractivity contribution in [1.29, 1.82) is 5.41 Å². The Labute approximate surface area is 194 Å². The van der Waals surface area contributed by atoms with Crippen molar-refractivity contribution in [2.75, 3.05) is 24.5 Å². The van der Waals surface area contributed by atoms with E-state index in [1.54, 1.807) is 0 Å². The summed E-state index contributed by atoms with van der Waals surface area (Å²) in [5.41, 5.74) is 9.39. The second-order valence-electron chi connectivity index (χ2n) is 9.80. The van der Waals surface area contributed by atoms with Crippen molar-refractivity contribution in [3.8, 4) is 5.75 Å². The second kappa shape index (κ2) is 10.9. The van der Waals surface area contributed by atoms with Crippen LogP contribution in [-0.4, -0.2) is 36.5 Å². The summed E-state index contributed by atoms with van der Waals surface area (Å²) in [7, 11) is 0. The molecule has 174 valence electrons. The first-order chi connectivity index (χ1) is 15.3. The molecule has 0 amide bonds. The van der Waals surface area contributed by atoms with Crippen molar-refractivity contribution >= 4 is 11.6 Å². The molecule has 0 bridgehead atoms. The van der Waals surface area contributed by atoms with Crippen molar-refractivity contribution in [3.05, 3.63) is 59.7 Å². The van der Waals surface area contributed by atoms with Gasteiger partial charge in [0.05, 0.1) is 0 Å². The minimum atomic E-state index is -0.0928. The smallest absolute Gasteiger partial charge is 0.198 e. The van der Waals surface area contributed by atoms with Gasteiger partial charge in [0, 0.05) is 24.8 Å². The van der Waals surface area contributed by atoms with Crippen LogP contribution in [0.5, 0.6) is 5.75 Å². The maximum Gasteiger partial charge on any atom is 0.198 e. The van der Waals surface area contributed by atoms with E-state index in [4.69, 9.17) is 15.9 Å². The summed E-state index contributed by atoms with van der Waals surface area (Å²) in [5.74, 6) is 1.43. The Hall–Kier alpha value is -2.53. The maximum absolute atomic E-state index is 9.11. The number of nitrogens with zero attached hydrogens (tertiary/aromatic N) is 2. The number of rotatable bonds is 8. The summed E-state index contributed by atoms with van der Waals surface area (Å²) in [6.07, 6.45) is 4.64. The van der Waals surface area contributed by atoms with Crippen LogP contribution in [0.15, 0.2) is 48.5 Å². The number of guanidine groups is 1. The molecule has 5 nitrogen and oxygen atoms in total. The van der Waals surface area contributed by atoms with Gasteiger partial charge in [-0.2, -0.15) is 0 Å². The first-order valence-electron chi connectivity index (χ1n) is 11.9. The van der Waals surface area contributed by atoms with E-state index in [-0.39, 0.29) is 5.41 Å². The molecule has 1 atom stereocenters. The van der Waals surface area contributed by atoms with Gasteiger partial charge in [0.25, 0.3) is 0 Å². The number of hydrogen-bond donors (Lipinski definition) is 2. The third-order valence-corrected chi connectivity index (χ3v) is 6.44. The fourth-order valence-corrected chi connectivity index (χ4v) is 4.21. The molecule has 0 aromatic heterocycles. The number of piperidine rings is 1. The Balaban J connectivity index is 1.76. The lowest BCUT2D eigenvalue weighted by Crippen LogP contribution is -2.53. The molecule has 1 saturated heterocycles. The Bertz CT molecular complexity index is 860. The number of nitrogens with one attached hydrogen (secondary N) is 1. The summed E-state index contributed by atoms with van der Waals surface area (Å²) in [6.45, 7) is 11.4. The lowest BCUT2D eigenvalue weighted by molar-refractivity contribution is 0.228. The molecular formula is C27H40N4O. The average Bonchev–Trinajstić information content (AvgIpc) is 2.82. The average molecular weight is 437 g/mol. The number of ether oxygens (including phenoxy) is 1. The van der Waals surface area contributed by atoms with Gasteiger partial charge in [0.15, 0.2) is 5.96 Å². The molecule has 0 spiro atoms. The number of anilines is 1. The largest absolute Gasteiger partial charge is 0.489 e. The number of benzene rings is 2. The molecule has 1 heterocycles. The van der Waals surface area contributed by atoms with Gasteiger partial charge in [-0.25, -0.2) is 0 Å². The molecule has 1 aliphatic heterocycles. The standard InChI is InChI=1S/C27H40N4O/c1-5-23-8-6-7-17-30(23)26(29)31(20-27(3,4)19-28)24-13-15-25(16-14-24)32-18-22-11-9-21(2)10-12-22/h9-16,23,29H,5-8,17-20,28H2,1-4H3. The number of hydrogen-bond acceptors (Lipinski definition) is 3. The van der Waals surface area contributed by atoms with Crippen LogP contribution in [0.25, 0.3) is 0 Å². The zero-order valence-corrected chi connectivity index (χ0v) is 20.2. The predicted octanol–water partition coefficient (Wildman–Crippen LogP) is 5.56. The topological polar surface area (TPSA) is 65.6 Å². The highest BCUT2D eigenvalue weighted by molar-refractivity contribution is 5.94. The van der Waals surface area contributed by atoms with Crippen LogP contribution >= 0.6 is 0 Å². The van der Waals surface area contributed by atoms with E-state index in [1.807, 2.05) is 12.1 Å². The van der Waals surface area contributed by atoms with Crippen LogP contribution < -0.4 is 15.4 Å². The van der Waals surface area contributed by atoms with E-state index < -0.39 is 0 Å². The van der Waals surface area contributed by atoms with Gasteiger partial charge in [-0.05, 0) is 74.4 Å². The monoisotopic (exact) mass is 436 g/mol. The molecule has 0 saturated carbocycles. The van der Waals surface area contributed by atoms with Crippen molar-refractivity contribution in [2.45, 2.75) is 66.0 Å². The SMILES string of the molecule is CCC1CCCCN1C(=N)N(CC(C)(C)CN)c1ccc(OCc2ccc(C)cc2)cc1. The number of aryl methyl sites for hydroxylation is 1. The van der Waals surface area contributed by atoms with Crippen LogP contribution in [0.3, 0.4) is 0 Å². The molecular weight excluding hydrogens is 396 g/mol. The molecule has 1 aliphatic rings. The van der Waals surface area contributed by atoms with Crippen LogP contribution in [0.4, 0.5) is 5.69 Å². The molecule has 2 aromatic rings. The summed E-state index contributed by atoms with van der Waals surface area (Å²) >= 11 is 0. The van der Waals surface area contributed by atoms with Gasteiger partial charge in [-0.1, -0.05) is 50.6 Å². The van der Waals surface area contributed by atoms with Crippen molar-refractivity contribution in [3.63, 3.8) is 0 Å². The molecule has 3 rings (SSSR count). The Morgan fingerprint density at radius 3 is 2.44 bits per heavy atom. The van der Waals surface area contributed by atoms with E-state index in [9.17, 15) is 0 Å². The normalized spacial score (nSPS) is 16.7. The molecule has 1 unspecified atom stereocenters. The van der Waals surface area contributed by atoms with Gasteiger partial charge in [-0.3, -0.25) is 5.41 Å². The lowest BCUT2D eigenvalue weighted by Gasteiger charge is -2.43. The van der Waals surface area contributed by atoms with Crippen molar-refractivity contribution < 1.29 is 4.74 Å². The van der Waals surface area contributed by atoms with E-state index in [0.29, 0.717) is 31.7 Å². The van der Waals surface area contributed by atoms with E-state index >= 15 is 0 Å². The third-order valence-electron chi connectivity index (χ3n) is 6.44. The number of likely N-dealkylation sites (tertiary alicyclic amines) is 1. The fourth-order valence-electron chi connectivity index (χ4n) is 4.21. The highest BCUT2D eigenvalue weighted by Gasteiger charge is 2.30. The first kappa shape index (κ1) is 24.1. The second-order valence-corrected chi connectivity index (χ2v) is 9.80. The van der Waals surface area contributed by atoms with Crippen molar-refractivity contribution in [2.24, 2.45) is 11.1 Å². The molecule has 3 N–H and O–H groups in total.